The summed E-state index contributed by atoms with van der Waals surface area (Å²) in [7, 11) is 0. The molecule has 2 aromatic carbocycles. The molecule has 8 heteroatoms. The second-order valence-corrected chi connectivity index (χ2v) is 7.01. The van der Waals surface area contributed by atoms with Gasteiger partial charge < -0.3 is 20.1 Å². The normalized spacial score (nSPS) is 22.6. The fraction of sp³-hybridized carbons (Fsp3) is 0.263. The molecular weight excluding hydrogens is 395 g/mol. The highest BCUT2D eigenvalue weighted by Crippen LogP contribution is 2.35. The van der Waals surface area contributed by atoms with Gasteiger partial charge in [-0.15, -0.1) is 0 Å². The number of hydrogen-bond acceptors (Lipinski definition) is 6. The number of carbonyl (C=O) groups excluding carboxylic acids is 2. The second-order valence-electron chi connectivity index (χ2n) is 6.20. The molecule has 6 nitrogen and oxygen atoms in total. The van der Waals surface area contributed by atoms with Crippen LogP contribution in [0.15, 0.2) is 48.5 Å². The average Bonchev–Trinajstić information content (AvgIpc) is 2.99. The number of hydrogen-bond donors (Lipinski definition) is 3. The lowest BCUT2D eigenvalue weighted by Crippen LogP contribution is -2.59. The van der Waals surface area contributed by atoms with Crippen LogP contribution in [0.4, 0.5) is 0 Å². The van der Waals surface area contributed by atoms with E-state index in [1.807, 2.05) is 0 Å². The lowest BCUT2D eigenvalue weighted by atomic mass is 9.79. The van der Waals surface area contributed by atoms with E-state index in [0.717, 1.165) is 0 Å². The molecule has 0 aliphatic carbocycles. The molecule has 0 spiro atoms. The molecule has 0 radical (unpaired) electrons. The number of rotatable bonds is 5. The number of Topliss-reactive ketones (excluding diaryl/α,β-unsaturated/α-hetero) is 2. The van der Waals surface area contributed by atoms with E-state index >= 15 is 0 Å². The van der Waals surface area contributed by atoms with Gasteiger partial charge >= 0.3 is 0 Å². The summed E-state index contributed by atoms with van der Waals surface area (Å²) >= 11 is 12.1. The van der Waals surface area contributed by atoms with E-state index in [2.05, 4.69) is 0 Å². The van der Waals surface area contributed by atoms with Gasteiger partial charge in [0.05, 0.1) is 16.1 Å². The molecule has 0 aromatic heterocycles. The van der Waals surface area contributed by atoms with E-state index in [1.54, 1.807) is 12.1 Å². The number of carbonyl (C=O) groups is 2. The van der Waals surface area contributed by atoms with Crippen LogP contribution in [0.2, 0.25) is 10.0 Å². The monoisotopic (exact) mass is 410 g/mol. The summed E-state index contributed by atoms with van der Waals surface area (Å²) in [6, 6.07) is 11.7. The zero-order valence-electron chi connectivity index (χ0n) is 13.9. The molecule has 1 fully saturated rings. The van der Waals surface area contributed by atoms with Crippen LogP contribution in [0.1, 0.15) is 27.1 Å². The van der Waals surface area contributed by atoms with Gasteiger partial charge in [-0.3, -0.25) is 9.59 Å². The molecule has 3 atom stereocenters. The third-order valence-electron chi connectivity index (χ3n) is 4.44. The fourth-order valence-corrected chi connectivity index (χ4v) is 3.53. The molecule has 3 rings (SSSR count). The molecule has 0 bridgehead atoms. The van der Waals surface area contributed by atoms with Gasteiger partial charge in [-0.2, -0.15) is 0 Å². The molecule has 0 unspecified atom stereocenters. The molecule has 3 N–H and O–H groups in total. The maximum atomic E-state index is 13.2. The summed E-state index contributed by atoms with van der Waals surface area (Å²) in [5.74, 6) is -2.12. The Morgan fingerprint density at radius 3 is 1.74 bits per heavy atom. The molecule has 1 aliphatic heterocycles. The van der Waals surface area contributed by atoms with E-state index < -0.39 is 35.7 Å². The zero-order valence-corrected chi connectivity index (χ0v) is 15.4. The Morgan fingerprint density at radius 1 is 0.926 bits per heavy atom. The number of ether oxygens (including phenoxy) is 1. The first-order valence-corrected chi connectivity index (χ1v) is 8.85. The third-order valence-corrected chi connectivity index (χ3v) is 5.10. The van der Waals surface area contributed by atoms with Crippen LogP contribution in [0, 0.1) is 0 Å². The minimum absolute atomic E-state index is 0.0147. The molecule has 1 heterocycles. The second kappa shape index (κ2) is 7.67. The highest BCUT2D eigenvalue weighted by atomic mass is 35.5. The number of halogens is 2. The molecule has 2 aromatic rings. The van der Waals surface area contributed by atoms with Gasteiger partial charge in [0, 0.05) is 17.5 Å². The van der Waals surface area contributed by atoms with Crippen LogP contribution in [0.25, 0.3) is 0 Å². The number of benzene rings is 2. The lowest BCUT2D eigenvalue weighted by Gasteiger charge is -2.32. The van der Waals surface area contributed by atoms with Crippen molar-refractivity contribution in [3.05, 3.63) is 69.7 Å². The highest BCUT2D eigenvalue weighted by molar-refractivity contribution is 6.38. The predicted molar refractivity (Wildman–Crippen MR) is 98.0 cm³/mol. The minimum Gasteiger partial charge on any atom is -0.390 e. The van der Waals surface area contributed by atoms with Gasteiger partial charge in [0.2, 0.25) is 17.2 Å². The van der Waals surface area contributed by atoms with E-state index in [-0.39, 0.29) is 27.6 Å². The van der Waals surface area contributed by atoms with Crippen LogP contribution >= 0.6 is 23.2 Å². The van der Waals surface area contributed by atoms with Crippen LogP contribution in [-0.2, 0) is 4.74 Å². The predicted octanol–water partition coefficient (Wildman–Crippen LogP) is 2.26. The van der Waals surface area contributed by atoms with Crippen molar-refractivity contribution in [1.82, 2.24) is 0 Å². The van der Waals surface area contributed by atoms with Crippen LogP contribution in [0.5, 0.6) is 0 Å². The first kappa shape index (κ1) is 19.9. The standard InChI is InChI=1S/C19H16Cl2O6/c20-12-7-3-1-5-10(12)16(24)19(26,18-14(22)9-15(23)27-18)17(25)11-6-2-4-8-13(11)21/h1-8,14-15,18,22-23,26H,9H2/t14-,15-,18-/m0/s1. The number of aliphatic hydroxyl groups is 3. The van der Waals surface area contributed by atoms with Crippen LogP contribution in [0.3, 0.4) is 0 Å². The molecule has 142 valence electrons. The first-order valence-electron chi connectivity index (χ1n) is 8.09. The molecule has 1 aliphatic rings. The summed E-state index contributed by atoms with van der Waals surface area (Å²) in [4.78, 5) is 26.4. The van der Waals surface area contributed by atoms with Crippen molar-refractivity contribution in [1.29, 1.82) is 0 Å². The van der Waals surface area contributed by atoms with Gasteiger partial charge in [-0.05, 0) is 24.3 Å². The first-order chi connectivity index (χ1) is 12.8. The summed E-state index contributed by atoms with van der Waals surface area (Å²) in [5.41, 5.74) is -3.09. The average molecular weight is 411 g/mol. The van der Waals surface area contributed by atoms with E-state index in [1.165, 1.54) is 36.4 Å². The van der Waals surface area contributed by atoms with Gasteiger partial charge in [0.25, 0.3) is 0 Å². The van der Waals surface area contributed by atoms with Crippen LogP contribution in [-0.4, -0.2) is 51.0 Å². The van der Waals surface area contributed by atoms with Crippen molar-refractivity contribution >= 4 is 34.8 Å². The van der Waals surface area contributed by atoms with Gasteiger partial charge in [0.15, 0.2) is 6.29 Å². The maximum absolute atomic E-state index is 13.2. The molecule has 0 saturated carbocycles. The summed E-state index contributed by atoms with van der Waals surface area (Å²) in [6.07, 6.45) is -4.85. The largest absolute Gasteiger partial charge is 0.390 e. The van der Waals surface area contributed by atoms with Crippen molar-refractivity contribution in [3.8, 4) is 0 Å². The Hall–Kier alpha value is -1.80. The van der Waals surface area contributed by atoms with Crippen LogP contribution < -0.4 is 0 Å². The summed E-state index contributed by atoms with van der Waals surface area (Å²) in [6.45, 7) is 0. The number of aliphatic hydroxyl groups excluding tert-OH is 2. The summed E-state index contributed by atoms with van der Waals surface area (Å²) < 4.78 is 5.13. The Kier molecular flexibility index (Phi) is 5.67. The van der Waals surface area contributed by atoms with Crippen molar-refractivity contribution in [2.24, 2.45) is 0 Å². The SMILES string of the molecule is O=C(c1ccccc1Cl)C(O)(C(=O)c1ccccc1Cl)[C@H]1O[C@H](O)C[C@@H]1O. The van der Waals surface area contributed by atoms with Crippen molar-refractivity contribution in [3.63, 3.8) is 0 Å². The van der Waals surface area contributed by atoms with Crippen molar-refractivity contribution in [2.45, 2.75) is 30.5 Å². The number of ketones is 2. The van der Waals surface area contributed by atoms with Gasteiger partial charge in [-0.25, -0.2) is 0 Å². The zero-order chi connectivity index (χ0) is 19.8. The van der Waals surface area contributed by atoms with E-state index in [9.17, 15) is 24.9 Å². The summed E-state index contributed by atoms with van der Waals surface area (Å²) in [5, 5.41) is 31.2. The Morgan fingerprint density at radius 2 is 1.37 bits per heavy atom. The highest BCUT2D eigenvalue weighted by Gasteiger charge is 2.58. The topological polar surface area (TPSA) is 104 Å². The third kappa shape index (κ3) is 3.52. The smallest absolute Gasteiger partial charge is 0.219 e. The van der Waals surface area contributed by atoms with E-state index in [0.29, 0.717) is 0 Å². The molecular formula is C19H16Cl2O6. The Balaban J connectivity index is 2.15. The van der Waals surface area contributed by atoms with Gasteiger partial charge in [-0.1, -0.05) is 47.5 Å². The fourth-order valence-electron chi connectivity index (χ4n) is 3.09. The van der Waals surface area contributed by atoms with Gasteiger partial charge in [0.1, 0.15) is 6.10 Å². The Labute approximate surface area is 164 Å². The Bertz CT molecular complexity index is 827. The molecule has 0 amide bonds. The van der Waals surface area contributed by atoms with Crippen molar-refractivity contribution < 1.29 is 29.6 Å². The quantitative estimate of drug-likeness (QED) is 0.515. The lowest BCUT2D eigenvalue weighted by molar-refractivity contribution is -0.139. The molecule has 27 heavy (non-hydrogen) atoms. The minimum atomic E-state index is -2.84. The van der Waals surface area contributed by atoms with Crippen molar-refractivity contribution in [2.75, 3.05) is 0 Å². The molecule has 1 saturated heterocycles. The van der Waals surface area contributed by atoms with E-state index in [4.69, 9.17) is 27.9 Å². The maximum Gasteiger partial charge on any atom is 0.219 e.